The second-order valence-corrected chi connectivity index (χ2v) is 6.28. The summed E-state index contributed by atoms with van der Waals surface area (Å²) in [5.41, 5.74) is 6.54. The molecule has 0 aliphatic rings. The van der Waals surface area contributed by atoms with E-state index in [-0.39, 0.29) is 11.7 Å². The van der Waals surface area contributed by atoms with Gasteiger partial charge in [0.15, 0.2) is 0 Å². The molecule has 1 heterocycles. The lowest BCUT2D eigenvalue weighted by Gasteiger charge is -2.04. The highest BCUT2D eigenvalue weighted by Gasteiger charge is 2.09. The number of thiazole rings is 1. The monoisotopic (exact) mass is 325 g/mol. The van der Waals surface area contributed by atoms with E-state index in [1.54, 1.807) is 29.3 Å². The number of rotatable bonds is 7. The van der Waals surface area contributed by atoms with Crippen LogP contribution in [0.3, 0.4) is 0 Å². The average Bonchev–Trinajstić information content (AvgIpc) is 2.97. The summed E-state index contributed by atoms with van der Waals surface area (Å²) in [7, 11) is 0. The van der Waals surface area contributed by atoms with Crippen LogP contribution in [0.25, 0.3) is 0 Å². The number of benzene rings is 1. The van der Waals surface area contributed by atoms with E-state index in [1.807, 2.05) is 6.07 Å². The second kappa shape index (κ2) is 8.11. The van der Waals surface area contributed by atoms with Gasteiger partial charge in [0, 0.05) is 30.0 Å². The topological polar surface area (TPSA) is 68.0 Å². The zero-order valence-electron chi connectivity index (χ0n) is 11.3. The number of thioether (sulfide) groups is 1. The highest BCUT2D eigenvalue weighted by molar-refractivity contribution is 7.98. The van der Waals surface area contributed by atoms with Gasteiger partial charge in [0.05, 0.1) is 0 Å². The Hall–Kier alpha value is -1.44. The molecule has 0 aliphatic heterocycles. The Labute approximate surface area is 131 Å². The molecule has 1 aromatic carbocycles. The van der Waals surface area contributed by atoms with Crippen LogP contribution in [0.4, 0.5) is 4.39 Å². The number of aromatic nitrogens is 1. The largest absolute Gasteiger partial charge is 0.350 e. The predicted molar refractivity (Wildman–Crippen MR) is 84.9 cm³/mol. The summed E-state index contributed by atoms with van der Waals surface area (Å²) in [6, 6.07) is 6.71. The maximum atomic E-state index is 13.4. The van der Waals surface area contributed by atoms with Gasteiger partial charge >= 0.3 is 0 Å². The molecule has 0 aliphatic carbocycles. The zero-order chi connectivity index (χ0) is 15.1. The molecule has 0 radical (unpaired) electrons. The molecule has 0 bridgehead atoms. The van der Waals surface area contributed by atoms with Gasteiger partial charge in [-0.3, -0.25) is 4.79 Å². The number of hydrogen-bond donors (Lipinski definition) is 2. The molecule has 0 saturated carbocycles. The quantitative estimate of drug-likeness (QED) is 0.767. The van der Waals surface area contributed by atoms with Crippen LogP contribution in [-0.4, -0.2) is 23.2 Å². The lowest BCUT2D eigenvalue weighted by molar-refractivity contribution is 0.0951. The zero-order valence-corrected chi connectivity index (χ0v) is 13.0. The van der Waals surface area contributed by atoms with E-state index < -0.39 is 0 Å². The highest BCUT2D eigenvalue weighted by Crippen LogP contribution is 2.14. The van der Waals surface area contributed by atoms with Crippen molar-refractivity contribution in [1.29, 1.82) is 0 Å². The predicted octanol–water partition coefficient (Wildman–Crippen LogP) is 2.40. The van der Waals surface area contributed by atoms with Crippen molar-refractivity contribution in [3.05, 3.63) is 51.7 Å². The standard InChI is InChI=1S/C14H16FN3OS2/c15-11-4-2-1-3-10(11)8-20-6-5-17-14(19)12-9-21-13(7-16)18-12/h1-4,9H,5-8,16H2,(H,17,19). The number of hydrogen-bond acceptors (Lipinski definition) is 5. The number of nitrogens with zero attached hydrogens (tertiary/aromatic N) is 1. The molecule has 0 unspecified atom stereocenters. The summed E-state index contributed by atoms with van der Waals surface area (Å²) in [6.45, 7) is 0.865. The molecule has 1 aromatic heterocycles. The van der Waals surface area contributed by atoms with Crippen molar-refractivity contribution < 1.29 is 9.18 Å². The summed E-state index contributed by atoms with van der Waals surface area (Å²) in [6.07, 6.45) is 0. The summed E-state index contributed by atoms with van der Waals surface area (Å²) < 4.78 is 13.4. The number of nitrogens with one attached hydrogen (secondary N) is 1. The summed E-state index contributed by atoms with van der Waals surface area (Å²) in [5.74, 6) is 0.924. The third-order valence-corrected chi connectivity index (χ3v) is 4.59. The normalized spacial score (nSPS) is 10.6. The molecule has 7 heteroatoms. The Morgan fingerprint density at radius 1 is 1.43 bits per heavy atom. The van der Waals surface area contributed by atoms with Crippen LogP contribution in [0.15, 0.2) is 29.6 Å². The van der Waals surface area contributed by atoms with E-state index >= 15 is 0 Å². The Balaban J connectivity index is 1.68. The molecule has 1 amide bonds. The van der Waals surface area contributed by atoms with Crippen LogP contribution in [0.1, 0.15) is 21.1 Å². The lowest BCUT2D eigenvalue weighted by Crippen LogP contribution is -2.26. The van der Waals surface area contributed by atoms with Gasteiger partial charge < -0.3 is 11.1 Å². The van der Waals surface area contributed by atoms with Gasteiger partial charge in [-0.15, -0.1) is 11.3 Å². The molecule has 4 nitrogen and oxygen atoms in total. The van der Waals surface area contributed by atoms with Crippen molar-refractivity contribution in [3.8, 4) is 0 Å². The first-order valence-electron chi connectivity index (χ1n) is 6.44. The molecule has 0 saturated heterocycles. The van der Waals surface area contributed by atoms with E-state index in [9.17, 15) is 9.18 Å². The van der Waals surface area contributed by atoms with Crippen LogP contribution < -0.4 is 11.1 Å². The maximum absolute atomic E-state index is 13.4. The fourth-order valence-electron chi connectivity index (χ4n) is 1.63. The number of carbonyl (C=O) groups is 1. The minimum atomic E-state index is -0.197. The number of amides is 1. The molecule has 3 N–H and O–H groups in total. The van der Waals surface area contributed by atoms with Crippen molar-refractivity contribution in [2.45, 2.75) is 12.3 Å². The Kier molecular flexibility index (Phi) is 6.16. The molecule has 0 fully saturated rings. The van der Waals surface area contributed by atoms with Gasteiger partial charge in [-0.05, 0) is 11.6 Å². The SMILES string of the molecule is NCc1nc(C(=O)NCCSCc2ccccc2F)cs1. The van der Waals surface area contributed by atoms with Crippen molar-refractivity contribution in [2.75, 3.05) is 12.3 Å². The van der Waals surface area contributed by atoms with E-state index in [0.717, 1.165) is 5.01 Å². The summed E-state index contributed by atoms with van der Waals surface area (Å²) in [4.78, 5) is 15.9. The minimum Gasteiger partial charge on any atom is -0.350 e. The van der Waals surface area contributed by atoms with Crippen molar-refractivity contribution in [3.63, 3.8) is 0 Å². The third kappa shape index (κ3) is 4.80. The van der Waals surface area contributed by atoms with E-state index in [4.69, 9.17) is 5.73 Å². The van der Waals surface area contributed by atoms with Crippen LogP contribution >= 0.6 is 23.1 Å². The molecular weight excluding hydrogens is 309 g/mol. The van der Waals surface area contributed by atoms with Gasteiger partial charge in [-0.2, -0.15) is 11.8 Å². The molecule has 112 valence electrons. The van der Waals surface area contributed by atoms with E-state index in [1.165, 1.54) is 17.4 Å². The highest BCUT2D eigenvalue weighted by atomic mass is 32.2. The first kappa shape index (κ1) is 15.9. The third-order valence-electron chi connectivity index (χ3n) is 2.71. The first-order chi connectivity index (χ1) is 10.2. The minimum absolute atomic E-state index is 0.189. The smallest absolute Gasteiger partial charge is 0.270 e. The maximum Gasteiger partial charge on any atom is 0.270 e. The molecular formula is C14H16FN3OS2. The number of nitrogens with two attached hydrogens (primary N) is 1. The summed E-state index contributed by atoms with van der Waals surface area (Å²) >= 11 is 2.95. The van der Waals surface area contributed by atoms with Gasteiger partial charge in [0.1, 0.15) is 16.5 Å². The van der Waals surface area contributed by atoms with Crippen molar-refractivity contribution >= 4 is 29.0 Å². The first-order valence-corrected chi connectivity index (χ1v) is 8.48. The van der Waals surface area contributed by atoms with Crippen LogP contribution in [0.5, 0.6) is 0 Å². The van der Waals surface area contributed by atoms with Gasteiger partial charge in [0.2, 0.25) is 0 Å². The lowest BCUT2D eigenvalue weighted by atomic mass is 10.2. The van der Waals surface area contributed by atoms with Gasteiger partial charge in [-0.25, -0.2) is 9.37 Å². The second-order valence-electron chi connectivity index (χ2n) is 4.23. The summed E-state index contributed by atoms with van der Waals surface area (Å²) in [5, 5.41) is 5.23. The molecule has 2 aromatic rings. The molecule has 0 atom stereocenters. The van der Waals surface area contributed by atoms with Gasteiger partial charge in [0.25, 0.3) is 5.91 Å². The van der Waals surface area contributed by atoms with Crippen LogP contribution in [0.2, 0.25) is 0 Å². The molecule has 2 rings (SSSR count). The van der Waals surface area contributed by atoms with E-state index in [2.05, 4.69) is 10.3 Å². The fraction of sp³-hybridized carbons (Fsp3) is 0.286. The Morgan fingerprint density at radius 3 is 2.95 bits per heavy atom. The van der Waals surface area contributed by atoms with Crippen molar-refractivity contribution in [1.82, 2.24) is 10.3 Å². The fourth-order valence-corrected chi connectivity index (χ4v) is 3.13. The van der Waals surface area contributed by atoms with Crippen LogP contribution in [0, 0.1) is 5.82 Å². The van der Waals surface area contributed by atoms with Crippen LogP contribution in [-0.2, 0) is 12.3 Å². The molecule has 0 spiro atoms. The number of carbonyl (C=O) groups excluding carboxylic acids is 1. The van der Waals surface area contributed by atoms with Gasteiger partial charge in [-0.1, -0.05) is 18.2 Å². The Bertz CT molecular complexity index is 603. The molecule has 21 heavy (non-hydrogen) atoms. The number of halogens is 1. The van der Waals surface area contributed by atoms with E-state index in [0.29, 0.717) is 35.9 Å². The Morgan fingerprint density at radius 2 is 2.24 bits per heavy atom. The average molecular weight is 325 g/mol. The van der Waals surface area contributed by atoms with Crippen molar-refractivity contribution in [2.24, 2.45) is 5.73 Å².